The summed E-state index contributed by atoms with van der Waals surface area (Å²) >= 11 is 1.87. The van der Waals surface area contributed by atoms with Crippen molar-refractivity contribution in [3.8, 4) is 6.07 Å². The van der Waals surface area contributed by atoms with Crippen molar-refractivity contribution < 1.29 is 0 Å². The Balaban J connectivity index is 2.72. The summed E-state index contributed by atoms with van der Waals surface area (Å²) in [7, 11) is 2.15. The van der Waals surface area contributed by atoms with Crippen LogP contribution in [0.25, 0.3) is 0 Å². The van der Waals surface area contributed by atoms with Crippen molar-refractivity contribution in [1.29, 1.82) is 5.26 Å². The van der Waals surface area contributed by atoms with Crippen LogP contribution in [0, 0.1) is 18.3 Å². The first-order valence-corrected chi connectivity index (χ1v) is 7.16. The van der Waals surface area contributed by atoms with Crippen LogP contribution in [-0.2, 0) is 6.54 Å². The maximum Gasteiger partial charge on any atom is 0.0991 e. The van der Waals surface area contributed by atoms with Crippen molar-refractivity contribution >= 4 is 11.8 Å². The predicted molar refractivity (Wildman–Crippen MR) is 75.2 cm³/mol. The Morgan fingerprint density at radius 3 is 2.71 bits per heavy atom. The molecule has 1 aromatic carbocycles. The van der Waals surface area contributed by atoms with Crippen LogP contribution >= 0.6 is 11.8 Å². The van der Waals surface area contributed by atoms with E-state index in [0.717, 1.165) is 17.9 Å². The topological polar surface area (TPSA) is 27.0 Å². The van der Waals surface area contributed by atoms with E-state index in [1.54, 1.807) is 0 Å². The smallest absolute Gasteiger partial charge is 0.0991 e. The Hall–Kier alpha value is -0.980. The van der Waals surface area contributed by atoms with E-state index in [2.05, 4.69) is 44.2 Å². The largest absolute Gasteiger partial charge is 0.299 e. The molecule has 0 spiro atoms. The van der Waals surface area contributed by atoms with Crippen molar-refractivity contribution in [1.82, 2.24) is 4.90 Å². The van der Waals surface area contributed by atoms with Crippen LogP contribution in [0.3, 0.4) is 0 Å². The van der Waals surface area contributed by atoms with Gasteiger partial charge in [0, 0.05) is 18.3 Å². The van der Waals surface area contributed by atoms with Gasteiger partial charge in [-0.05, 0) is 50.4 Å². The summed E-state index contributed by atoms with van der Waals surface area (Å²) in [5.74, 6) is 1.14. The van der Waals surface area contributed by atoms with Crippen LogP contribution in [0.5, 0.6) is 0 Å². The maximum absolute atomic E-state index is 8.83. The Bertz CT molecular complexity index is 409. The average Bonchev–Trinajstić information content (AvgIpc) is 2.31. The third kappa shape index (κ3) is 4.07. The molecule has 0 aliphatic carbocycles. The van der Waals surface area contributed by atoms with E-state index in [4.69, 9.17) is 5.26 Å². The molecule has 2 nitrogen and oxygen atoms in total. The van der Waals surface area contributed by atoms with Gasteiger partial charge in [-0.15, -0.1) is 0 Å². The number of hydrogen-bond acceptors (Lipinski definition) is 3. The van der Waals surface area contributed by atoms with Crippen LogP contribution in [0.15, 0.2) is 18.2 Å². The van der Waals surface area contributed by atoms with Crippen molar-refractivity contribution in [2.45, 2.75) is 26.4 Å². The molecule has 3 heteroatoms. The highest BCUT2D eigenvalue weighted by atomic mass is 32.2. The normalized spacial score (nSPS) is 12.5. The number of nitrogens with zero attached hydrogens (tertiary/aromatic N) is 2. The second kappa shape index (κ2) is 6.68. The molecule has 0 heterocycles. The maximum atomic E-state index is 8.83. The van der Waals surface area contributed by atoms with Crippen LogP contribution in [0.2, 0.25) is 0 Å². The molecule has 1 aromatic rings. The van der Waals surface area contributed by atoms with Crippen molar-refractivity contribution in [2.75, 3.05) is 19.1 Å². The lowest BCUT2D eigenvalue weighted by molar-refractivity contribution is 0.269. The van der Waals surface area contributed by atoms with E-state index in [1.165, 1.54) is 11.1 Å². The zero-order valence-electron chi connectivity index (χ0n) is 11.0. The second-order valence-corrected chi connectivity index (χ2v) is 5.38. The van der Waals surface area contributed by atoms with Gasteiger partial charge in [-0.3, -0.25) is 4.90 Å². The Labute approximate surface area is 109 Å². The molecule has 0 saturated heterocycles. The van der Waals surface area contributed by atoms with Gasteiger partial charge in [-0.25, -0.2) is 0 Å². The van der Waals surface area contributed by atoms with Gasteiger partial charge < -0.3 is 0 Å². The number of benzene rings is 1. The lowest BCUT2D eigenvalue weighted by Crippen LogP contribution is -2.30. The zero-order valence-corrected chi connectivity index (χ0v) is 11.8. The first-order chi connectivity index (χ1) is 8.08. The van der Waals surface area contributed by atoms with E-state index in [1.807, 2.05) is 23.9 Å². The molecule has 0 amide bonds. The van der Waals surface area contributed by atoms with Crippen molar-refractivity contribution in [3.05, 3.63) is 34.9 Å². The fraction of sp³-hybridized carbons (Fsp3) is 0.500. The highest BCUT2D eigenvalue weighted by molar-refractivity contribution is 7.98. The summed E-state index contributed by atoms with van der Waals surface area (Å²) in [6.07, 6.45) is 2.14. The van der Waals surface area contributed by atoms with Gasteiger partial charge in [0.2, 0.25) is 0 Å². The SMILES string of the molecule is CSCC(C)N(C)Cc1ccc(C#N)cc1C. The molecular formula is C14H20N2S. The van der Waals surface area contributed by atoms with Crippen LogP contribution in [0.1, 0.15) is 23.6 Å². The van der Waals surface area contributed by atoms with E-state index < -0.39 is 0 Å². The fourth-order valence-corrected chi connectivity index (χ4v) is 2.47. The summed E-state index contributed by atoms with van der Waals surface area (Å²) in [6, 6.07) is 8.67. The minimum atomic E-state index is 0.569. The number of thioether (sulfide) groups is 1. The summed E-state index contributed by atoms with van der Waals surface area (Å²) in [5.41, 5.74) is 3.25. The van der Waals surface area contributed by atoms with Gasteiger partial charge in [-0.2, -0.15) is 17.0 Å². The quantitative estimate of drug-likeness (QED) is 0.801. The molecule has 0 saturated carbocycles. The number of nitriles is 1. The minimum Gasteiger partial charge on any atom is -0.299 e. The molecule has 0 aliphatic heterocycles. The molecule has 0 N–H and O–H groups in total. The molecule has 1 rings (SSSR count). The van der Waals surface area contributed by atoms with Gasteiger partial charge in [-0.1, -0.05) is 6.07 Å². The Morgan fingerprint density at radius 1 is 1.47 bits per heavy atom. The lowest BCUT2D eigenvalue weighted by atomic mass is 10.0. The van der Waals surface area contributed by atoms with Crippen LogP contribution in [-0.4, -0.2) is 30.0 Å². The molecule has 0 aliphatic rings. The summed E-state index contributed by atoms with van der Waals surface area (Å²) in [5, 5.41) is 8.83. The molecule has 0 radical (unpaired) electrons. The molecule has 1 unspecified atom stereocenters. The van der Waals surface area contributed by atoms with E-state index in [0.29, 0.717) is 6.04 Å². The van der Waals surface area contributed by atoms with Crippen LogP contribution < -0.4 is 0 Å². The molecule has 0 fully saturated rings. The third-order valence-corrected chi connectivity index (χ3v) is 3.87. The Morgan fingerprint density at radius 2 is 2.18 bits per heavy atom. The highest BCUT2D eigenvalue weighted by Gasteiger charge is 2.10. The highest BCUT2D eigenvalue weighted by Crippen LogP contribution is 2.14. The zero-order chi connectivity index (χ0) is 12.8. The van der Waals surface area contributed by atoms with Gasteiger partial charge in [0.05, 0.1) is 11.6 Å². The summed E-state index contributed by atoms with van der Waals surface area (Å²) in [4.78, 5) is 2.35. The number of hydrogen-bond donors (Lipinski definition) is 0. The van der Waals surface area contributed by atoms with Crippen molar-refractivity contribution in [2.24, 2.45) is 0 Å². The Kier molecular flexibility index (Phi) is 5.54. The van der Waals surface area contributed by atoms with E-state index >= 15 is 0 Å². The third-order valence-electron chi connectivity index (χ3n) is 3.05. The first kappa shape index (κ1) is 14.1. The standard InChI is InChI=1S/C14H20N2S/c1-11-7-13(8-15)5-6-14(11)9-16(3)12(2)10-17-4/h5-7,12H,9-10H2,1-4H3. The minimum absolute atomic E-state index is 0.569. The number of rotatable bonds is 5. The molecular weight excluding hydrogens is 228 g/mol. The van der Waals surface area contributed by atoms with Gasteiger partial charge in [0.1, 0.15) is 0 Å². The number of aryl methyl sites for hydroxylation is 1. The van der Waals surface area contributed by atoms with Gasteiger partial charge >= 0.3 is 0 Å². The molecule has 92 valence electrons. The van der Waals surface area contributed by atoms with Gasteiger partial charge in [0.25, 0.3) is 0 Å². The average molecular weight is 248 g/mol. The molecule has 0 bridgehead atoms. The summed E-state index contributed by atoms with van der Waals surface area (Å²) in [6.45, 7) is 5.26. The monoisotopic (exact) mass is 248 g/mol. The summed E-state index contributed by atoms with van der Waals surface area (Å²) < 4.78 is 0. The van der Waals surface area contributed by atoms with Crippen molar-refractivity contribution in [3.63, 3.8) is 0 Å². The van der Waals surface area contributed by atoms with Crippen LogP contribution in [0.4, 0.5) is 0 Å². The molecule has 0 aromatic heterocycles. The first-order valence-electron chi connectivity index (χ1n) is 5.77. The molecule has 1 atom stereocenters. The molecule has 17 heavy (non-hydrogen) atoms. The van der Waals surface area contributed by atoms with E-state index in [-0.39, 0.29) is 0 Å². The predicted octanol–water partition coefficient (Wildman–Crippen LogP) is 3.05. The second-order valence-electron chi connectivity index (χ2n) is 4.47. The van der Waals surface area contributed by atoms with E-state index in [9.17, 15) is 0 Å². The lowest BCUT2D eigenvalue weighted by Gasteiger charge is -2.24. The fourth-order valence-electron chi connectivity index (χ4n) is 1.74. The van der Waals surface area contributed by atoms with Gasteiger partial charge in [0.15, 0.2) is 0 Å².